The van der Waals surface area contributed by atoms with Gasteiger partial charge in [-0.15, -0.1) is 0 Å². The van der Waals surface area contributed by atoms with E-state index in [9.17, 15) is 9.18 Å². The Bertz CT molecular complexity index is 484. The van der Waals surface area contributed by atoms with E-state index in [0.717, 1.165) is 12.8 Å². The largest absolute Gasteiger partial charge is 0.491 e. The minimum Gasteiger partial charge on any atom is -0.491 e. The number of benzene rings is 1. The molecule has 5 heteroatoms. The molecule has 0 heterocycles. The van der Waals surface area contributed by atoms with Crippen molar-refractivity contribution < 1.29 is 13.9 Å². The summed E-state index contributed by atoms with van der Waals surface area (Å²) in [5.74, 6) is -0.264. The van der Waals surface area contributed by atoms with Crippen LogP contribution in [0.2, 0.25) is 0 Å². The molecule has 1 aromatic carbocycles. The molecule has 1 saturated carbocycles. The second-order valence-electron chi connectivity index (χ2n) is 5.00. The van der Waals surface area contributed by atoms with E-state index in [-0.39, 0.29) is 11.7 Å². The first-order chi connectivity index (χ1) is 8.99. The van der Waals surface area contributed by atoms with Crippen LogP contribution < -0.4 is 10.2 Å². The number of nitrogens with zero attached hydrogens (tertiary/aromatic N) is 1. The van der Waals surface area contributed by atoms with Crippen LogP contribution in [0, 0.1) is 5.82 Å². The molecule has 0 atom stereocenters. The van der Waals surface area contributed by atoms with Crippen LogP contribution in [0.15, 0.2) is 18.2 Å². The number of ether oxygens (including phenoxy) is 1. The van der Waals surface area contributed by atoms with Crippen LogP contribution in [0.3, 0.4) is 0 Å². The van der Waals surface area contributed by atoms with Crippen molar-refractivity contribution in [2.24, 2.45) is 0 Å². The molecule has 1 aromatic rings. The Kier molecular flexibility index (Phi) is 3.75. The third-order valence-electron chi connectivity index (χ3n) is 3.29. The number of amides is 1. The lowest BCUT2D eigenvalue weighted by Crippen LogP contribution is -2.42. The fourth-order valence-electron chi connectivity index (χ4n) is 2.15. The van der Waals surface area contributed by atoms with Gasteiger partial charge in [-0.3, -0.25) is 10.2 Å². The van der Waals surface area contributed by atoms with Crippen molar-refractivity contribution in [2.75, 3.05) is 20.7 Å². The molecule has 0 radical (unpaired) electrons. The van der Waals surface area contributed by atoms with Crippen molar-refractivity contribution in [1.29, 1.82) is 0 Å². The predicted molar refractivity (Wildman–Crippen MR) is 70.3 cm³/mol. The number of hydrazine groups is 1. The number of hydrogen-bond donors (Lipinski definition) is 1. The van der Waals surface area contributed by atoms with Gasteiger partial charge in [0.05, 0.1) is 12.0 Å². The molecule has 0 aromatic heterocycles. The molecule has 2 rings (SSSR count). The van der Waals surface area contributed by atoms with E-state index < -0.39 is 11.2 Å². The second-order valence-corrected chi connectivity index (χ2v) is 5.00. The van der Waals surface area contributed by atoms with Gasteiger partial charge in [0.15, 0.2) is 11.6 Å². The van der Waals surface area contributed by atoms with Crippen molar-refractivity contribution >= 4 is 5.91 Å². The molecule has 19 heavy (non-hydrogen) atoms. The Morgan fingerprint density at radius 1 is 1.47 bits per heavy atom. The van der Waals surface area contributed by atoms with Crippen LogP contribution in [0.5, 0.6) is 5.75 Å². The summed E-state index contributed by atoms with van der Waals surface area (Å²) in [7, 11) is 3.51. The second kappa shape index (κ2) is 5.17. The molecule has 0 bridgehead atoms. The van der Waals surface area contributed by atoms with Gasteiger partial charge in [-0.05, 0) is 37.5 Å². The zero-order chi connectivity index (χ0) is 14.0. The average Bonchev–Trinajstić information content (AvgIpc) is 3.12. The van der Waals surface area contributed by atoms with Crippen LogP contribution in [-0.2, 0) is 10.2 Å². The SMILES string of the molecule is CCOc1ccc(C2(C(=O)NN(C)C)CC2)cc1F. The molecule has 0 saturated heterocycles. The maximum absolute atomic E-state index is 13.9. The van der Waals surface area contributed by atoms with E-state index in [4.69, 9.17) is 4.74 Å². The zero-order valence-electron chi connectivity index (χ0n) is 11.5. The van der Waals surface area contributed by atoms with Gasteiger partial charge in [-0.2, -0.15) is 0 Å². The number of hydrogen-bond acceptors (Lipinski definition) is 3. The van der Waals surface area contributed by atoms with E-state index in [1.54, 1.807) is 38.2 Å². The molecule has 4 nitrogen and oxygen atoms in total. The molecule has 1 amide bonds. The Labute approximate surface area is 112 Å². The molecule has 0 unspecified atom stereocenters. The first-order valence-electron chi connectivity index (χ1n) is 6.41. The van der Waals surface area contributed by atoms with E-state index in [1.165, 1.54) is 6.07 Å². The summed E-state index contributed by atoms with van der Waals surface area (Å²) >= 11 is 0. The van der Waals surface area contributed by atoms with Crippen LogP contribution in [0.4, 0.5) is 4.39 Å². The molecule has 0 spiro atoms. The number of halogens is 1. The van der Waals surface area contributed by atoms with E-state index >= 15 is 0 Å². The van der Waals surface area contributed by atoms with Crippen LogP contribution >= 0.6 is 0 Å². The van der Waals surface area contributed by atoms with Gasteiger partial charge in [-0.1, -0.05) is 6.07 Å². The summed E-state index contributed by atoms with van der Waals surface area (Å²) in [6, 6.07) is 4.78. The molecule has 1 aliphatic rings. The van der Waals surface area contributed by atoms with Crippen LogP contribution in [0.1, 0.15) is 25.3 Å². The summed E-state index contributed by atoms with van der Waals surface area (Å²) in [4.78, 5) is 12.2. The highest BCUT2D eigenvalue weighted by Gasteiger charge is 2.51. The third-order valence-corrected chi connectivity index (χ3v) is 3.29. The average molecular weight is 266 g/mol. The Hall–Kier alpha value is -1.62. The first kappa shape index (κ1) is 13.8. The highest BCUT2D eigenvalue weighted by atomic mass is 19.1. The first-order valence-corrected chi connectivity index (χ1v) is 6.41. The van der Waals surface area contributed by atoms with Crippen molar-refractivity contribution in [3.8, 4) is 5.75 Å². The molecular formula is C14H19FN2O2. The van der Waals surface area contributed by atoms with Gasteiger partial charge in [0.1, 0.15) is 0 Å². The van der Waals surface area contributed by atoms with Gasteiger partial charge in [0, 0.05) is 14.1 Å². The van der Waals surface area contributed by atoms with Crippen molar-refractivity contribution in [3.63, 3.8) is 0 Å². The molecule has 1 fully saturated rings. The fourth-order valence-corrected chi connectivity index (χ4v) is 2.15. The fraction of sp³-hybridized carbons (Fsp3) is 0.500. The highest BCUT2D eigenvalue weighted by Crippen LogP contribution is 2.49. The van der Waals surface area contributed by atoms with Crippen LogP contribution in [0.25, 0.3) is 0 Å². The quantitative estimate of drug-likeness (QED) is 0.827. The standard InChI is InChI=1S/C14H19FN2O2/c1-4-19-12-6-5-10(9-11(12)15)14(7-8-14)13(18)16-17(2)3/h5-6,9H,4,7-8H2,1-3H3,(H,16,18). The number of carbonyl (C=O) groups is 1. The van der Waals surface area contributed by atoms with Gasteiger partial charge < -0.3 is 4.74 Å². The van der Waals surface area contributed by atoms with Crippen LogP contribution in [-0.4, -0.2) is 31.6 Å². The van der Waals surface area contributed by atoms with Crippen molar-refractivity contribution in [2.45, 2.75) is 25.2 Å². The third kappa shape index (κ3) is 2.71. The number of carbonyl (C=O) groups excluding carboxylic acids is 1. The lowest BCUT2D eigenvalue weighted by atomic mass is 9.95. The summed E-state index contributed by atoms with van der Waals surface area (Å²) in [6.45, 7) is 2.22. The molecular weight excluding hydrogens is 247 g/mol. The highest BCUT2D eigenvalue weighted by molar-refractivity contribution is 5.90. The van der Waals surface area contributed by atoms with Gasteiger partial charge >= 0.3 is 0 Å². The Morgan fingerprint density at radius 3 is 2.63 bits per heavy atom. The van der Waals surface area contributed by atoms with Crippen molar-refractivity contribution in [1.82, 2.24) is 10.4 Å². The maximum atomic E-state index is 13.9. The van der Waals surface area contributed by atoms with Gasteiger partial charge in [-0.25, -0.2) is 9.40 Å². The zero-order valence-corrected chi connectivity index (χ0v) is 11.5. The molecule has 1 N–H and O–H groups in total. The Morgan fingerprint density at radius 2 is 2.16 bits per heavy atom. The lowest BCUT2D eigenvalue weighted by molar-refractivity contribution is -0.127. The smallest absolute Gasteiger partial charge is 0.244 e. The molecule has 104 valence electrons. The maximum Gasteiger partial charge on any atom is 0.244 e. The van der Waals surface area contributed by atoms with Crippen molar-refractivity contribution in [3.05, 3.63) is 29.6 Å². The summed E-state index contributed by atoms with van der Waals surface area (Å²) < 4.78 is 19.0. The van der Waals surface area contributed by atoms with E-state index in [2.05, 4.69) is 5.43 Å². The topological polar surface area (TPSA) is 41.6 Å². The minimum atomic E-state index is -0.574. The molecule has 1 aliphatic carbocycles. The summed E-state index contributed by atoms with van der Waals surface area (Å²) in [5.41, 5.74) is 2.89. The normalized spacial score (nSPS) is 16.3. The summed E-state index contributed by atoms with van der Waals surface area (Å²) in [6.07, 6.45) is 1.50. The number of nitrogens with one attached hydrogen (secondary N) is 1. The van der Waals surface area contributed by atoms with E-state index in [0.29, 0.717) is 12.2 Å². The predicted octanol–water partition coefficient (Wildman–Crippen LogP) is 1.85. The van der Waals surface area contributed by atoms with E-state index in [1.807, 2.05) is 0 Å². The summed E-state index contributed by atoms with van der Waals surface area (Å²) in [5, 5.41) is 1.60. The molecule has 0 aliphatic heterocycles. The monoisotopic (exact) mass is 266 g/mol. The Balaban J connectivity index is 2.22. The number of rotatable bonds is 5. The van der Waals surface area contributed by atoms with Gasteiger partial charge in [0.25, 0.3) is 0 Å². The van der Waals surface area contributed by atoms with Gasteiger partial charge in [0.2, 0.25) is 5.91 Å². The lowest BCUT2D eigenvalue weighted by Gasteiger charge is -2.19. The minimum absolute atomic E-state index is 0.0824.